The molecule has 0 bridgehead atoms. The standard InChI is InChI=1S/C15H16F5NO6S2/c1-28(23,24)21-7-4-8(5-7)27-10-2-3-11(29(25,26)15(18,19)20)12-9(10)6-14(16,17)13(12)22/h2-3,7-8,13,21-22H,4-6H2,1H3/t7?,8?,13-/m0/s1. The van der Waals surface area contributed by atoms with Crippen LogP contribution in [0.4, 0.5) is 22.0 Å². The maximum Gasteiger partial charge on any atom is 0.501 e. The Hall–Kier alpha value is -1.51. The van der Waals surface area contributed by atoms with Crippen molar-refractivity contribution in [2.45, 2.75) is 53.8 Å². The number of ether oxygens (including phenoxy) is 1. The third-order valence-corrected chi connectivity index (χ3v) is 7.03. The average Bonchev–Trinajstić information content (AvgIpc) is 2.73. The fourth-order valence-corrected chi connectivity index (χ4v) is 5.18. The number of nitrogens with one attached hydrogen (secondary N) is 1. The number of benzene rings is 1. The summed E-state index contributed by atoms with van der Waals surface area (Å²) in [5.74, 6) is -4.15. The molecule has 1 aromatic carbocycles. The van der Waals surface area contributed by atoms with E-state index >= 15 is 0 Å². The molecule has 0 aliphatic heterocycles. The Morgan fingerprint density at radius 2 is 1.76 bits per heavy atom. The van der Waals surface area contributed by atoms with E-state index in [1.165, 1.54) is 0 Å². The smallest absolute Gasteiger partial charge is 0.490 e. The lowest BCUT2D eigenvalue weighted by atomic mass is 9.90. The molecule has 0 aromatic heterocycles. The number of hydrogen-bond donors (Lipinski definition) is 2. The SMILES string of the molecule is CS(=O)(=O)NC1CC(Oc2ccc(S(=O)(=O)C(F)(F)F)c3c2CC(F)(F)[C@H]3O)C1. The lowest BCUT2D eigenvalue weighted by Gasteiger charge is -2.35. The molecule has 14 heteroatoms. The molecule has 0 spiro atoms. The number of alkyl halides is 5. The van der Waals surface area contributed by atoms with Crippen molar-refractivity contribution < 1.29 is 48.6 Å². The Morgan fingerprint density at radius 3 is 2.28 bits per heavy atom. The highest BCUT2D eigenvalue weighted by Crippen LogP contribution is 2.51. The van der Waals surface area contributed by atoms with E-state index in [4.69, 9.17) is 4.74 Å². The van der Waals surface area contributed by atoms with Gasteiger partial charge < -0.3 is 9.84 Å². The summed E-state index contributed by atoms with van der Waals surface area (Å²) < 4.78 is 120. The quantitative estimate of drug-likeness (QED) is 0.641. The first kappa shape index (κ1) is 22.2. The van der Waals surface area contributed by atoms with Crippen molar-refractivity contribution in [3.63, 3.8) is 0 Å². The summed E-state index contributed by atoms with van der Waals surface area (Å²) in [4.78, 5) is -1.44. The molecule has 0 radical (unpaired) electrons. The fourth-order valence-electron chi connectivity index (χ4n) is 3.36. The molecule has 1 aromatic rings. The Labute approximate surface area is 162 Å². The van der Waals surface area contributed by atoms with Crippen LogP contribution in [-0.2, 0) is 26.3 Å². The summed E-state index contributed by atoms with van der Waals surface area (Å²) in [6.07, 6.45) is -3.23. The van der Waals surface area contributed by atoms with Crippen LogP contribution in [0.3, 0.4) is 0 Å². The van der Waals surface area contributed by atoms with E-state index in [0.717, 1.165) is 12.3 Å². The van der Waals surface area contributed by atoms with Gasteiger partial charge in [-0.1, -0.05) is 0 Å². The van der Waals surface area contributed by atoms with Crippen molar-refractivity contribution in [3.8, 4) is 5.75 Å². The first-order chi connectivity index (χ1) is 13.0. The highest BCUT2D eigenvalue weighted by Gasteiger charge is 2.55. The minimum atomic E-state index is -5.98. The first-order valence-corrected chi connectivity index (χ1v) is 11.6. The van der Waals surface area contributed by atoms with Gasteiger partial charge in [-0.2, -0.15) is 13.2 Å². The lowest BCUT2D eigenvalue weighted by molar-refractivity contribution is -0.0979. The molecule has 2 N–H and O–H groups in total. The summed E-state index contributed by atoms with van der Waals surface area (Å²) in [7, 11) is -9.44. The molecule has 3 rings (SSSR count). The van der Waals surface area contributed by atoms with Gasteiger partial charge in [0, 0.05) is 36.4 Å². The minimum absolute atomic E-state index is 0.184. The molecule has 0 unspecified atom stereocenters. The van der Waals surface area contributed by atoms with Gasteiger partial charge in [0.05, 0.1) is 11.2 Å². The number of fused-ring (bicyclic) bond motifs is 1. The van der Waals surface area contributed by atoms with Crippen LogP contribution >= 0.6 is 0 Å². The number of sulfone groups is 1. The molecular weight excluding hydrogens is 449 g/mol. The van der Waals surface area contributed by atoms with Gasteiger partial charge in [-0.3, -0.25) is 0 Å². The zero-order valence-corrected chi connectivity index (χ0v) is 16.3. The van der Waals surface area contributed by atoms with Crippen molar-refractivity contribution in [1.29, 1.82) is 0 Å². The number of rotatable bonds is 5. The number of hydrogen-bond acceptors (Lipinski definition) is 6. The van der Waals surface area contributed by atoms with Crippen molar-refractivity contribution >= 4 is 19.9 Å². The zero-order chi connectivity index (χ0) is 22.0. The molecule has 29 heavy (non-hydrogen) atoms. The summed E-state index contributed by atoms with van der Waals surface area (Å²) in [5.41, 5.74) is -7.29. The first-order valence-electron chi connectivity index (χ1n) is 8.20. The molecule has 0 amide bonds. The zero-order valence-electron chi connectivity index (χ0n) is 14.7. The lowest BCUT2D eigenvalue weighted by Crippen LogP contribution is -2.48. The van der Waals surface area contributed by atoms with Crippen LogP contribution in [0.1, 0.15) is 30.1 Å². The Balaban J connectivity index is 1.93. The van der Waals surface area contributed by atoms with E-state index in [2.05, 4.69) is 4.72 Å². The molecule has 164 valence electrons. The van der Waals surface area contributed by atoms with Crippen molar-refractivity contribution in [1.82, 2.24) is 4.72 Å². The fraction of sp³-hybridized carbons (Fsp3) is 0.600. The van der Waals surface area contributed by atoms with Gasteiger partial charge in [-0.25, -0.2) is 30.3 Å². The number of aliphatic hydroxyl groups excluding tert-OH is 1. The number of aliphatic hydroxyl groups is 1. The van der Waals surface area contributed by atoms with E-state index in [9.17, 15) is 43.9 Å². The van der Waals surface area contributed by atoms with Crippen LogP contribution in [-0.4, -0.2) is 51.8 Å². The van der Waals surface area contributed by atoms with E-state index < -0.39 is 72.0 Å². The molecule has 1 saturated carbocycles. The molecule has 0 heterocycles. The van der Waals surface area contributed by atoms with Crippen LogP contribution in [0, 0.1) is 0 Å². The molecular formula is C15H16F5NO6S2. The molecule has 2 aliphatic carbocycles. The predicted molar refractivity (Wildman–Crippen MR) is 88.7 cm³/mol. The minimum Gasteiger partial charge on any atom is -0.490 e. The third kappa shape index (κ3) is 4.07. The average molecular weight is 465 g/mol. The monoisotopic (exact) mass is 465 g/mol. The van der Waals surface area contributed by atoms with Gasteiger partial charge >= 0.3 is 5.51 Å². The summed E-state index contributed by atoms with van der Waals surface area (Å²) in [6.45, 7) is 0. The van der Waals surface area contributed by atoms with Crippen molar-refractivity contribution in [3.05, 3.63) is 23.3 Å². The highest BCUT2D eigenvalue weighted by atomic mass is 32.2. The summed E-state index contributed by atoms with van der Waals surface area (Å²) >= 11 is 0. The van der Waals surface area contributed by atoms with Gasteiger partial charge in [0.25, 0.3) is 15.8 Å². The number of sulfonamides is 1. The molecule has 2 aliphatic rings. The normalized spacial score (nSPS) is 26.7. The molecule has 1 fully saturated rings. The molecule has 1 atom stereocenters. The second-order valence-electron chi connectivity index (χ2n) is 7.04. The Bertz CT molecular complexity index is 1030. The van der Waals surface area contributed by atoms with Gasteiger partial charge in [-0.05, 0) is 12.1 Å². The van der Waals surface area contributed by atoms with E-state index in [1.807, 2.05) is 0 Å². The third-order valence-electron chi connectivity index (χ3n) is 4.72. The maximum absolute atomic E-state index is 14.0. The molecule has 0 saturated heterocycles. The predicted octanol–water partition coefficient (Wildman–Crippen LogP) is 1.66. The largest absolute Gasteiger partial charge is 0.501 e. The number of halogens is 5. The Kier molecular flexibility index (Phi) is 5.16. The Morgan fingerprint density at radius 1 is 1.17 bits per heavy atom. The topological polar surface area (TPSA) is 110 Å². The van der Waals surface area contributed by atoms with E-state index in [-0.39, 0.29) is 18.6 Å². The van der Waals surface area contributed by atoms with Gasteiger partial charge in [0.1, 0.15) is 18.0 Å². The summed E-state index contributed by atoms with van der Waals surface area (Å²) in [6, 6.07) is 0.870. The molecule has 7 nitrogen and oxygen atoms in total. The summed E-state index contributed by atoms with van der Waals surface area (Å²) in [5, 5.41) is 9.80. The van der Waals surface area contributed by atoms with Crippen LogP contribution in [0.5, 0.6) is 5.75 Å². The second kappa shape index (κ2) is 6.75. The van der Waals surface area contributed by atoms with Crippen LogP contribution in [0.2, 0.25) is 0 Å². The van der Waals surface area contributed by atoms with Gasteiger partial charge in [0.2, 0.25) is 10.0 Å². The highest BCUT2D eigenvalue weighted by molar-refractivity contribution is 7.92. The van der Waals surface area contributed by atoms with Crippen LogP contribution in [0.15, 0.2) is 17.0 Å². The maximum atomic E-state index is 14.0. The van der Waals surface area contributed by atoms with E-state index in [0.29, 0.717) is 6.07 Å². The second-order valence-corrected chi connectivity index (χ2v) is 10.7. The van der Waals surface area contributed by atoms with Crippen LogP contribution < -0.4 is 9.46 Å². The van der Waals surface area contributed by atoms with Crippen molar-refractivity contribution in [2.24, 2.45) is 0 Å². The van der Waals surface area contributed by atoms with E-state index in [1.54, 1.807) is 0 Å². The van der Waals surface area contributed by atoms with Gasteiger partial charge in [-0.15, -0.1) is 0 Å². The van der Waals surface area contributed by atoms with Crippen LogP contribution in [0.25, 0.3) is 0 Å². The van der Waals surface area contributed by atoms with Crippen molar-refractivity contribution in [2.75, 3.05) is 6.26 Å². The van der Waals surface area contributed by atoms with Gasteiger partial charge in [0.15, 0.2) is 0 Å².